The first-order valence-corrected chi connectivity index (χ1v) is 7.98. The van der Waals surface area contributed by atoms with Gasteiger partial charge in [0, 0.05) is 10.0 Å². The molecular formula is C18H12BrF3N2O2. The Kier molecular flexibility index (Phi) is 6.05. The molecule has 0 atom stereocenters. The van der Waals surface area contributed by atoms with E-state index in [2.05, 4.69) is 21.2 Å². The molecule has 2 aromatic rings. The van der Waals surface area contributed by atoms with Crippen molar-refractivity contribution < 1.29 is 22.7 Å². The first-order chi connectivity index (χ1) is 12.3. The van der Waals surface area contributed by atoms with Crippen LogP contribution >= 0.6 is 15.9 Å². The van der Waals surface area contributed by atoms with Crippen LogP contribution in [-0.4, -0.2) is 13.0 Å². The Morgan fingerprint density at radius 1 is 1.27 bits per heavy atom. The summed E-state index contributed by atoms with van der Waals surface area (Å²) in [6, 6.07) is 11.2. The summed E-state index contributed by atoms with van der Waals surface area (Å²) in [4.78, 5) is 12.3. The molecule has 1 amide bonds. The zero-order valence-electron chi connectivity index (χ0n) is 13.4. The Bertz CT molecular complexity index is 902. The van der Waals surface area contributed by atoms with Crippen LogP contribution in [0.1, 0.15) is 11.1 Å². The molecule has 0 heterocycles. The van der Waals surface area contributed by atoms with Crippen molar-refractivity contribution in [3.05, 3.63) is 63.6 Å². The second-order valence-corrected chi connectivity index (χ2v) is 5.97. The van der Waals surface area contributed by atoms with Crippen molar-refractivity contribution in [1.29, 1.82) is 5.26 Å². The van der Waals surface area contributed by atoms with Gasteiger partial charge in [-0.15, -0.1) is 0 Å². The van der Waals surface area contributed by atoms with Crippen LogP contribution < -0.4 is 10.1 Å². The lowest BCUT2D eigenvalue weighted by Crippen LogP contribution is -2.17. The highest BCUT2D eigenvalue weighted by Crippen LogP contribution is 2.34. The summed E-state index contributed by atoms with van der Waals surface area (Å²) in [6.07, 6.45) is -3.39. The SMILES string of the molecule is COc1ccc(Br)cc1/C=C(\C#N)C(=O)Nc1ccccc1C(F)(F)F. The third-order valence-electron chi connectivity index (χ3n) is 3.34. The number of hydrogen-bond acceptors (Lipinski definition) is 3. The minimum Gasteiger partial charge on any atom is -0.496 e. The average Bonchev–Trinajstić information content (AvgIpc) is 2.59. The number of benzene rings is 2. The van der Waals surface area contributed by atoms with Crippen LogP contribution in [0.15, 0.2) is 52.5 Å². The maximum absolute atomic E-state index is 13.0. The summed E-state index contributed by atoms with van der Waals surface area (Å²) in [7, 11) is 1.42. The van der Waals surface area contributed by atoms with Gasteiger partial charge in [0.25, 0.3) is 5.91 Å². The minimum absolute atomic E-state index is 0.363. The van der Waals surface area contributed by atoms with Crippen LogP contribution in [0.3, 0.4) is 0 Å². The summed E-state index contributed by atoms with van der Waals surface area (Å²) in [5.41, 5.74) is -1.35. The molecule has 1 N–H and O–H groups in total. The highest BCUT2D eigenvalue weighted by molar-refractivity contribution is 9.10. The monoisotopic (exact) mass is 424 g/mol. The van der Waals surface area contributed by atoms with Gasteiger partial charge in [-0.05, 0) is 36.4 Å². The number of nitriles is 1. The van der Waals surface area contributed by atoms with E-state index in [4.69, 9.17) is 4.74 Å². The molecule has 0 fully saturated rings. The number of halogens is 4. The molecule has 0 spiro atoms. The van der Waals surface area contributed by atoms with Gasteiger partial charge in [-0.25, -0.2) is 0 Å². The number of anilines is 1. The van der Waals surface area contributed by atoms with Gasteiger partial charge in [0.15, 0.2) is 0 Å². The molecule has 0 unspecified atom stereocenters. The van der Waals surface area contributed by atoms with Gasteiger partial charge in [-0.3, -0.25) is 4.79 Å². The number of carbonyl (C=O) groups is 1. The van der Waals surface area contributed by atoms with Gasteiger partial charge in [0.05, 0.1) is 18.4 Å². The summed E-state index contributed by atoms with van der Waals surface area (Å²) in [5.74, 6) is -0.546. The van der Waals surface area contributed by atoms with E-state index >= 15 is 0 Å². The number of hydrogen-bond donors (Lipinski definition) is 1. The summed E-state index contributed by atoms with van der Waals surface area (Å²) < 4.78 is 44.9. The number of rotatable bonds is 4. The second-order valence-electron chi connectivity index (χ2n) is 5.05. The fourth-order valence-corrected chi connectivity index (χ4v) is 2.53. The number of para-hydroxylation sites is 1. The largest absolute Gasteiger partial charge is 0.496 e. The lowest BCUT2D eigenvalue weighted by atomic mass is 10.1. The lowest BCUT2D eigenvalue weighted by Gasteiger charge is -2.13. The average molecular weight is 425 g/mol. The van der Waals surface area contributed by atoms with Crippen LogP contribution in [-0.2, 0) is 11.0 Å². The van der Waals surface area contributed by atoms with Crippen LogP contribution in [0.2, 0.25) is 0 Å². The Labute approximate surface area is 156 Å². The minimum atomic E-state index is -4.63. The predicted octanol–water partition coefficient (Wildman–Crippen LogP) is 5.02. The Hall–Kier alpha value is -2.79. The zero-order valence-corrected chi connectivity index (χ0v) is 15.0. The zero-order chi connectivity index (χ0) is 19.3. The number of amides is 1. The van der Waals surface area contributed by atoms with Crippen molar-refractivity contribution in [1.82, 2.24) is 0 Å². The number of carbonyl (C=O) groups excluding carboxylic acids is 1. The van der Waals surface area contributed by atoms with E-state index in [0.29, 0.717) is 15.8 Å². The molecule has 0 aliphatic heterocycles. The number of alkyl halides is 3. The molecule has 0 radical (unpaired) electrons. The molecule has 134 valence electrons. The molecule has 0 aliphatic rings. The van der Waals surface area contributed by atoms with E-state index in [0.717, 1.165) is 12.1 Å². The molecule has 2 rings (SSSR count). The fraction of sp³-hybridized carbons (Fsp3) is 0.111. The van der Waals surface area contributed by atoms with Crippen LogP contribution in [0.4, 0.5) is 18.9 Å². The third kappa shape index (κ3) is 4.64. The van der Waals surface area contributed by atoms with Crippen molar-refractivity contribution in [3.8, 4) is 11.8 Å². The normalized spacial score (nSPS) is 11.6. The molecule has 0 aromatic heterocycles. The van der Waals surface area contributed by atoms with Crippen LogP contribution in [0.25, 0.3) is 6.08 Å². The number of methoxy groups -OCH3 is 1. The first kappa shape index (κ1) is 19.5. The quantitative estimate of drug-likeness (QED) is 0.553. The van der Waals surface area contributed by atoms with Gasteiger partial charge in [0.1, 0.15) is 17.4 Å². The number of ether oxygens (including phenoxy) is 1. The van der Waals surface area contributed by atoms with E-state index in [-0.39, 0.29) is 5.57 Å². The van der Waals surface area contributed by atoms with Crippen molar-refractivity contribution in [2.75, 3.05) is 12.4 Å². The lowest BCUT2D eigenvalue weighted by molar-refractivity contribution is -0.137. The van der Waals surface area contributed by atoms with Crippen LogP contribution in [0.5, 0.6) is 5.75 Å². The Morgan fingerprint density at radius 3 is 2.58 bits per heavy atom. The van der Waals surface area contributed by atoms with Gasteiger partial charge in [0.2, 0.25) is 0 Å². The fourth-order valence-electron chi connectivity index (χ4n) is 2.15. The molecule has 26 heavy (non-hydrogen) atoms. The summed E-state index contributed by atoms with van der Waals surface area (Å²) >= 11 is 3.27. The molecular weight excluding hydrogens is 413 g/mol. The highest BCUT2D eigenvalue weighted by atomic mass is 79.9. The molecule has 2 aromatic carbocycles. The Morgan fingerprint density at radius 2 is 1.96 bits per heavy atom. The van der Waals surface area contributed by atoms with E-state index in [1.807, 2.05) is 0 Å². The van der Waals surface area contributed by atoms with Gasteiger partial charge in [-0.1, -0.05) is 28.1 Å². The first-order valence-electron chi connectivity index (χ1n) is 7.19. The van der Waals surface area contributed by atoms with Crippen molar-refractivity contribution in [2.45, 2.75) is 6.18 Å². The van der Waals surface area contributed by atoms with Gasteiger partial charge >= 0.3 is 6.18 Å². The number of nitrogens with one attached hydrogen (secondary N) is 1. The maximum atomic E-state index is 13.0. The molecule has 0 aliphatic carbocycles. The predicted molar refractivity (Wildman–Crippen MR) is 94.4 cm³/mol. The van der Waals surface area contributed by atoms with E-state index in [9.17, 15) is 23.2 Å². The molecule has 4 nitrogen and oxygen atoms in total. The van der Waals surface area contributed by atoms with E-state index in [1.165, 1.54) is 25.3 Å². The van der Waals surface area contributed by atoms with E-state index in [1.54, 1.807) is 24.3 Å². The topological polar surface area (TPSA) is 62.1 Å². The van der Waals surface area contributed by atoms with Crippen molar-refractivity contribution >= 4 is 33.6 Å². The highest BCUT2D eigenvalue weighted by Gasteiger charge is 2.33. The van der Waals surface area contributed by atoms with Crippen molar-refractivity contribution in [2.24, 2.45) is 0 Å². The third-order valence-corrected chi connectivity index (χ3v) is 3.83. The molecule has 0 bridgehead atoms. The van der Waals surface area contributed by atoms with Gasteiger partial charge < -0.3 is 10.1 Å². The summed E-state index contributed by atoms with van der Waals surface area (Å²) in [6.45, 7) is 0. The summed E-state index contributed by atoms with van der Waals surface area (Å²) in [5, 5.41) is 11.4. The molecule has 8 heteroatoms. The van der Waals surface area contributed by atoms with Crippen LogP contribution in [0, 0.1) is 11.3 Å². The number of nitrogens with zero attached hydrogens (tertiary/aromatic N) is 1. The van der Waals surface area contributed by atoms with Crippen molar-refractivity contribution in [3.63, 3.8) is 0 Å². The molecule has 0 saturated carbocycles. The maximum Gasteiger partial charge on any atom is 0.418 e. The molecule has 0 saturated heterocycles. The smallest absolute Gasteiger partial charge is 0.418 e. The van der Waals surface area contributed by atoms with E-state index < -0.39 is 23.3 Å². The van der Waals surface area contributed by atoms with Gasteiger partial charge in [-0.2, -0.15) is 18.4 Å². The second kappa shape index (κ2) is 8.06. The Balaban J connectivity index is 2.37. The standard InChI is InChI=1S/C18H12BrF3N2O2/c1-26-16-7-6-13(19)9-11(16)8-12(10-23)17(25)24-15-5-3-2-4-14(15)18(20,21)22/h2-9H,1H3,(H,24,25)/b12-8+.